The van der Waals surface area contributed by atoms with E-state index < -0.39 is 0 Å². The van der Waals surface area contributed by atoms with Gasteiger partial charge in [0.15, 0.2) is 11.5 Å². The Morgan fingerprint density at radius 3 is 2.21 bits per heavy atom. The van der Waals surface area contributed by atoms with Crippen LogP contribution in [0.4, 0.5) is 0 Å². The quantitative estimate of drug-likeness (QED) is 0.557. The van der Waals surface area contributed by atoms with E-state index in [9.17, 15) is 4.79 Å². The average molecular weight is 331 g/mol. The van der Waals surface area contributed by atoms with Crippen LogP contribution in [0.25, 0.3) is 0 Å². The van der Waals surface area contributed by atoms with E-state index in [2.05, 4.69) is 11.9 Å². The summed E-state index contributed by atoms with van der Waals surface area (Å²) in [5.74, 6) is 1.31. The topological polar surface area (TPSA) is 60.6 Å². The number of carbonyl (C=O) groups excluding carboxylic acids is 1. The van der Waals surface area contributed by atoms with Gasteiger partial charge in [-0.05, 0) is 37.1 Å². The van der Waals surface area contributed by atoms with Crippen LogP contribution in [0.1, 0.15) is 47.9 Å². The molecule has 0 atom stereocenters. The lowest BCUT2D eigenvalue weighted by Crippen LogP contribution is -2.05. The van der Waals surface area contributed by atoms with E-state index in [0.717, 1.165) is 18.5 Å². The number of unbranched alkanes of at least 4 members (excludes halogenated alkanes) is 2. The molecule has 0 aliphatic heterocycles. The molecule has 1 N–H and O–H groups in total. The zero-order chi connectivity index (χ0) is 17.5. The number of hydrogen-bond donors (Lipinski definition) is 1. The number of nitrogens with one attached hydrogen (secondary N) is 1. The van der Waals surface area contributed by atoms with Crippen molar-refractivity contribution in [1.82, 2.24) is 4.98 Å². The van der Waals surface area contributed by atoms with Gasteiger partial charge in [-0.15, -0.1) is 0 Å². The van der Waals surface area contributed by atoms with Gasteiger partial charge < -0.3 is 19.2 Å². The van der Waals surface area contributed by atoms with E-state index in [4.69, 9.17) is 14.2 Å². The van der Waals surface area contributed by atoms with Gasteiger partial charge in [-0.3, -0.25) is 4.79 Å². The van der Waals surface area contributed by atoms with Crippen LogP contribution in [-0.2, 0) is 6.42 Å². The van der Waals surface area contributed by atoms with Gasteiger partial charge >= 0.3 is 0 Å². The second-order valence-electron chi connectivity index (χ2n) is 5.60. The van der Waals surface area contributed by atoms with Gasteiger partial charge in [0.25, 0.3) is 0 Å². The van der Waals surface area contributed by atoms with Crippen LogP contribution in [-0.4, -0.2) is 32.1 Å². The third kappa shape index (κ3) is 3.91. The van der Waals surface area contributed by atoms with Crippen LogP contribution < -0.4 is 14.2 Å². The summed E-state index contributed by atoms with van der Waals surface area (Å²) in [6.45, 7) is 2.17. The first-order valence-electron chi connectivity index (χ1n) is 8.17. The molecule has 0 unspecified atom stereocenters. The first-order chi connectivity index (χ1) is 11.6. The van der Waals surface area contributed by atoms with Crippen molar-refractivity contribution in [3.63, 3.8) is 0 Å². The van der Waals surface area contributed by atoms with Crippen molar-refractivity contribution in [2.45, 2.75) is 32.6 Å². The van der Waals surface area contributed by atoms with Gasteiger partial charge in [0.1, 0.15) is 0 Å². The maximum Gasteiger partial charge on any atom is 0.209 e. The van der Waals surface area contributed by atoms with Crippen molar-refractivity contribution in [3.05, 3.63) is 41.2 Å². The van der Waals surface area contributed by atoms with Crippen molar-refractivity contribution in [1.29, 1.82) is 0 Å². The Labute approximate surface area is 142 Å². The van der Waals surface area contributed by atoms with Gasteiger partial charge in [0.2, 0.25) is 11.5 Å². The molecule has 0 saturated carbocycles. The first kappa shape index (κ1) is 17.9. The molecule has 0 amide bonds. The SMILES string of the molecule is CCCCCc1ccc(C(=O)c2cc(OC)c(OC)c(OC)c2)[nH]1. The second-order valence-corrected chi connectivity index (χ2v) is 5.60. The summed E-state index contributed by atoms with van der Waals surface area (Å²) in [4.78, 5) is 16.0. The molecule has 0 fully saturated rings. The Morgan fingerprint density at radius 2 is 1.67 bits per heavy atom. The summed E-state index contributed by atoms with van der Waals surface area (Å²) in [6.07, 6.45) is 4.44. The number of ketones is 1. The van der Waals surface area contributed by atoms with Gasteiger partial charge in [0, 0.05) is 11.3 Å². The molecular formula is C19H25NO4. The van der Waals surface area contributed by atoms with Gasteiger partial charge in [0.05, 0.1) is 27.0 Å². The van der Waals surface area contributed by atoms with Crippen LogP contribution in [0.2, 0.25) is 0 Å². The fourth-order valence-corrected chi connectivity index (χ4v) is 2.65. The van der Waals surface area contributed by atoms with Crippen LogP contribution >= 0.6 is 0 Å². The summed E-state index contributed by atoms with van der Waals surface area (Å²) < 4.78 is 15.9. The number of carbonyl (C=O) groups is 1. The molecule has 1 aromatic heterocycles. The number of benzene rings is 1. The average Bonchev–Trinajstić information content (AvgIpc) is 3.08. The summed E-state index contributed by atoms with van der Waals surface area (Å²) in [5, 5.41) is 0. The fraction of sp³-hybridized carbons (Fsp3) is 0.421. The van der Waals surface area contributed by atoms with Crippen molar-refractivity contribution in [3.8, 4) is 17.2 Å². The molecule has 1 heterocycles. The fourth-order valence-electron chi connectivity index (χ4n) is 2.65. The maximum atomic E-state index is 12.7. The van der Waals surface area contributed by atoms with Crippen molar-refractivity contribution in [2.75, 3.05) is 21.3 Å². The molecule has 5 nitrogen and oxygen atoms in total. The number of H-pyrrole nitrogens is 1. The minimum absolute atomic E-state index is 0.101. The number of hydrogen-bond acceptors (Lipinski definition) is 4. The molecular weight excluding hydrogens is 306 g/mol. The number of aromatic amines is 1. The number of aromatic nitrogens is 1. The number of methoxy groups -OCH3 is 3. The zero-order valence-electron chi connectivity index (χ0n) is 14.8. The van der Waals surface area contributed by atoms with Crippen LogP contribution in [0, 0.1) is 0 Å². The van der Waals surface area contributed by atoms with Crippen molar-refractivity contribution in [2.24, 2.45) is 0 Å². The number of ether oxygens (including phenoxy) is 3. The largest absolute Gasteiger partial charge is 0.493 e. The third-order valence-electron chi connectivity index (χ3n) is 3.97. The number of aryl methyl sites for hydroxylation is 1. The predicted molar refractivity (Wildman–Crippen MR) is 93.6 cm³/mol. The van der Waals surface area contributed by atoms with E-state index in [1.807, 2.05) is 12.1 Å². The van der Waals surface area contributed by atoms with E-state index >= 15 is 0 Å². The molecule has 130 valence electrons. The first-order valence-corrected chi connectivity index (χ1v) is 8.17. The highest BCUT2D eigenvalue weighted by Gasteiger charge is 2.19. The van der Waals surface area contributed by atoms with Crippen LogP contribution in [0.15, 0.2) is 24.3 Å². The highest BCUT2D eigenvalue weighted by Crippen LogP contribution is 2.38. The lowest BCUT2D eigenvalue weighted by Gasteiger charge is -2.13. The normalized spacial score (nSPS) is 10.5. The smallest absolute Gasteiger partial charge is 0.209 e. The molecule has 0 radical (unpaired) electrons. The standard InChI is InChI=1S/C19H25NO4/c1-5-6-7-8-14-9-10-15(20-14)18(21)13-11-16(22-2)19(24-4)17(12-13)23-3/h9-12,20H,5-8H2,1-4H3. The summed E-state index contributed by atoms with van der Waals surface area (Å²) in [6, 6.07) is 7.14. The highest BCUT2D eigenvalue weighted by molar-refractivity contribution is 6.08. The van der Waals surface area contributed by atoms with E-state index in [1.54, 1.807) is 12.1 Å². The molecule has 0 aliphatic carbocycles. The molecule has 0 bridgehead atoms. The monoisotopic (exact) mass is 331 g/mol. The molecule has 0 spiro atoms. The molecule has 0 aliphatic rings. The molecule has 1 aromatic carbocycles. The maximum absolute atomic E-state index is 12.7. The highest BCUT2D eigenvalue weighted by atomic mass is 16.5. The Hall–Kier alpha value is -2.43. The summed E-state index contributed by atoms with van der Waals surface area (Å²) in [5.41, 5.74) is 2.14. The minimum Gasteiger partial charge on any atom is -0.493 e. The summed E-state index contributed by atoms with van der Waals surface area (Å²) >= 11 is 0. The number of rotatable bonds is 9. The molecule has 2 aromatic rings. The van der Waals surface area contributed by atoms with Gasteiger partial charge in [-0.1, -0.05) is 19.8 Å². The predicted octanol–water partition coefficient (Wildman–Crippen LogP) is 4.00. The molecule has 2 rings (SSSR count). The lowest BCUT2D eigenvalue weighted by atomic mass is 10.1. The Morgan fingerprint density at radius 1 is 1.00 bits per heavy atom. The summed E-state index contributed by atoms with van der Waals surface area (Å²) in [7, 11) is 4.60. The van der Waals surface area contributed by atoms with Crippen molar-refractivity contribution < 1.29 is 19.0 Å². The lowest BCUT2D eigenvalue weighted by molar-refractivity contribution is 0.103. The molecule has 5 heteroatoms. The van der Waals surface area contributed by atoms with Crippen LogP contribution in [0.5, 0.6) is 17.2 Å². The Bertz CT molecular complexity index is 665. The zero-order valence-corrected chi connectivity index (χ0v) is 14.8. The minimum atomic E-state index is -0.101. The third-order valence-corrected chi connectivity index (χ3v) is 3.97. The van der Waals surface area contributed by atoms with Crippen molar-refractivity contribution >= 4 is 5.78 Å². The Balaban J connectivity index is 2.26. The molecule has 24 heavy (non-hydrogen) atoms. The van der Waals surface area contributed by atoms with Gasteiger partial charge in [-0.2, -0.15) is 0 Å². The Kier molecular flexibility index (Phi) is 6.29. The van der Waals surface area contributed by atoms with Gasteiger partial charge in [-0.25, -0.2) is 0 Å². The second kappa shape index (κ2) is 8.43. The van der Waals surface area contributed by atoms with E-state index in [-0.39, 0.29) is 5.78 Å². The molecule has 0 saturated heterocycles. The van der Waals surface area contributed by atoms with Crippen LogP contribution in [0.3, 0.4) is 0 Å². The van der Waals surface area contributed by atoms with E-state index in [1.165, 1.54) is 34.2 Å². The van der Waals surface area contributed by atoms with E-state index in [0.29, 0.717) is 28.5 Å².